The van der Waals surface area contributed by atoms with E-state index in [2.05, 4.69) is 51.6 Å². The molecule has 1 fully saturated rings. The van der Waals surface area contributed by atoms with Gasteiger partial charge in [0.1, 0.15) is 11.5 Å². The van der Waals surface area contributed by atoms with E-state index >= 15 is 0 Å². The molecule has 0 aromatic heterocycles. The number of esters is 1. The summed E-state index contributed by atoms with van der Waals surface area (Å²) in [4.78, 5) is 12.8. The quantitative estimate of drug-likeness (QED) is 0.245. The van der Waals surface area contributed by atoms with Gasteiger partial charge in [-0.05, 0) is 42.0 Å². The molecule has 0 saturated heterocycles. The van der Waals surface area contributed by atoms with Crippen molar-refractivity contribution in [3.05, 3.63) is 60.2 Å². The normalized spacial score (nSPS) is 20.9. The van der Waals surface area contributed by atoms with Crippen LogP contribution >= 0.6 is 31.9 Å². The third-order valence-corrected chi connectivity index (χ3v) is 6.01. The zero-order valence-electron chi connectivity index (χ0n) is 15.8. The third kappa shape index (κ3) is 4.79. The second-order valence-electron chi connectivity index (χ2n) is 7.50. The number of rotatable bonds is 7. The molecule has 0 spiro atoms. The summed E-state index contributed by atoms with van der Waals surface area (Å²) >= 11 is 7.00. The van der Waals surface area contributed by atoms with Crippen LogP contribution < -0.4 is 4.74 Å². The molecular weight excluding hydrogens is 484 g/mol. The van der Waals surface area contributed by atoms with E-state index in [9.17, 15) is 4.79 Å². The SMILES string of the molecule is C#CC(OC(=O)C1C(CC(Br)Br)C1(C)C)c1cccc(Oc2ccccc2)c1. The van der Waals surface area contributed by atoms with Crippen molar-refractivity contribution in [1.82, 2.24) is 0 Å². The zero-order chi connectivity index (χ0) is 20.3. The minimum Gasteiger partial charge on any atom is -0.457 e. The lowest BCUT2D eigenvalue weighted by atomic mass is 10.1. The lowest BCUT2D eigenvalue weighted by molar-refractivity contribution is -0.149. The Morgan fingerprint density at radius 3 is 2.46 bits per heavy atom. The van der Waals surface area contributed by atoms with E-state index in [4.69, 9.17) is 15.9 Å². The molecule has 0 heterocycles. The second-order valence-corrected chi connectivity index (χ2v) is 10.9. The van der Waals surface area contributed by atoms with Crippen molar-refractivity contribution in [2.24, 2.45) is 17.3 Å². The van der Waals surface area contributed by atoms with Crippen LogP contribution in [0.1, 0.15) is 31.9 Å². The number of terminal acetylenes is 1. The number of alkyl halides is 2. The first-order chi connectivity index (χ1) is 13.3. The van der Waals surface area contributed by atoms with Crippen LogP contribution in [0.5, 0.6) is 11.5 Å². The molecule has 2 aromatic rings. The predicted molar refractivity (Wildman–Crippen MR) is 118 cm³/mol. The van der Waals surface area contributed by atoms with Crippen LogP contribution in [-0.2, 0) is 9.53 Å². The molecule has 1 aliphatic carbocycles. The highest BCUT2D eigenvalue weighted by atomic mass is 79.9. The summed E-state index contributed by atoms with van der Waals surface area (Å²) in [5.41, 5.74) is 0.632. The fourth-order valence-electron chi connectivity index (χ4n) is 3.60. The minimum atomic E-state index is -0.743. The Hall–Kier alpha value is -1.77. The number of benzene rings is 2. The Morgan fingerprint density at radius 1 is 1.14 bits per heavy atom. The molecule has 28 heavy (non-hydrogen) atoms. The fraction of sp³-hybridized carbons (Fsp3) is 0.348. The standard InChI is InChI=1S/C23H22Br2O3/c1-4-19(28-22(26)21-18(14-20(24)25)23(21,2)3)15-9-8-12-17(13-15)27-16-10-6-5-7-11-16/h1,5-13,18-21H,14H2,2-3H3. The van der Waals surface area contributed by atoms with Gasteiger partial charge in [0.15, 0.2) is 6.10 Å². The van der Waals surface area contributed by atoms with Gasteiger partial charge in [-0.3, -0.25) is 4.79 Å². The van der Waals surface area contributed by atoms with Crippen molar-refractivity contribution in [3.63, 3.8) is 0 Å². The summed E-state index contributed by atoms with van der Waals surface area (Å²) < 4.78 is 11.7. The lowest BCUT2D eigenvalue weighted by Crippen LogP contribution is -2.14. The first-order valence-corrected chi connectivity index (χ1v) is 10.9. The second kappa shape index (κ2) is 8.71. The van der Waals surface area contributed by atoms with Gasteiger partial charge in [-0.1, -0.05) is 82.0 Å². The number of hydrogen-bond acceptors (Lipinski definition) is 3. The van der Waals surface area contributed by atoms with Crippen molar-refractivity contribution < 1.29 is 14.3 Å². The molecular formula is C23H22Br2O3. The smallest absolute Gasteiger partial charge is 0.311 e. The van der Waals surface area contributed by atoms with Crippen LogP contribution in [0, 0.1) is 29.6 Å². The van der Waals surface area contributed by atoms with Gasteiger partial charge in [0, 0.05) is 5.56 Å². The fourth-order valence-corrected chi connectivity index (χ4v) is 4.40. The Bertz CT molecular complexity index is 871. The van der Waals surface area contributed by atoms with E-state index in [0.717, 1.165) is 17.7 Å². The summed E-state index contributed by atoms with van der Waals surface area (Å²) in [7, 11) is 0. The Labute approximate surface area is 183 Å². The van der Waals surface area contributed by atoms with E-state index in [0.29, 0.717) is 5.75 Å². The van der Waals surface area contributed by atoms with E-state index in [1.54, 1.807) is 0 Å². The number of carbonyl (C=O) groups is 1. The highest BCUT2D eigenvalue weighted by molar-refractivity contribution is 9.24. The van der Waals surface area contributed by atoms with Crippen LogP contribution in [0.15, 0.2) is 54.6 Å². The largest absolute Gasteiger partial charge is 0.457 e. The Kier molecular flexibility index (Phi) is 6.52. The van der Waals surface area contributed by atoms with Gasteiger partial charge in [0.05, 0.1) is 9.65 Å². The number of hydrogen-bond donors (Lipinski definition) is 0. The molecule has 3 nitrogen and oxygen atoms in total. The molecule has 0 radical (unpaired) electrons. The van der Waals surface area contributed by atoms with Gasteiger partial charge in [-0.25, -0.2) is 0 Å². The molecule has 1 aliphatic rings. The number of para-hydroxylation sites is 1. The van der Waals surface area contributed by atoms with Gasteiger partial charge >= 0.3 is 5.97 Å². The molecule has 0 bridgehead atoms. The van der Waals surface area contributed by atoms with E-state index < -0.39 is 6.10 Å². The predicted octanol–water partition coefficient (Wildman–Crippen LogP) is 6.47. The van der Waals surface area contributed by atoms with Gasteiger partial charge in [0.25, 0.3) is 0 Å². The molecule has 5 heteroatoms. The number of ether oxygens (including phenoxy) is 2. The minimum absolute atomic E-state index is 0.0890. The summed E-state index contributed by atoms with van der Waals surface area (Å²) in [5.74, 6) is 3.83. The van der Waals surface area contributed by atoms with E-state index in [1.165, 1.54) is 0 Å². The molecule has 146 valence electrons. The Balaban J connectivity index is 1.70. The van der Waals surface area contributed by atoms with Gasteiger partial charge in [0.2, 0.25) is 0 Å². The first kappa shape index (κ1) is 21.0. The molecule has 0 aliphatic heterocycles. The maximum atomic E-state index is 12.8. The average molecular weight is 506 g/mol. The van der Waals surface area contributed by atoms with Gasteiger partial charge < -0.3 is 9.47 Å². The summed E-state index contributed by atoms with van der Waals surface area (Å²) in [5, 5.41) is 0. The molecule has 2 aromatic carbocycles. The van der Waals surface area contributed by atoms with Crippen molar-refractivity contribution >= 4 is 37.8 Å². The maximum Gasteiger partial charge on any atom is 0.311 e. The molecule has 3 rings (SSSR count). The highest BCUT2D eigenvalue weighted by Gasteiger charge is 2.62. The topological polar surface area (TPSA) is 35.5 Å². The number of carbonyl (C=O) groups excluding carboxylic acids is 1. The third-order valence-electron chi connectivity index (χ3n) is 5.26. The van der Waals surface area contributed by atoms with Crippen molar-refractivity contribution in [2.45, 2.75) is 30.1 Å². The van der Waals surface area contributed by atoms with Crippen molar-refractivity contribution in [1.29, 1.82) is 0 Å². The molecule has 3 atom stereocenters. The van der Waals surface area contributed by atoms with Crippen molar-refractivity contribution in [2.75, 3.05) is 0 Å². The number of halogens is 2. The lowest BCUT2D eigenvalue weighted by Gasteiger charge is -2.15. The molecule has 0 N–H and O–H groups in total. The van der Waals surface area contributed by atoms with Crippen LogP contribution in [-0.4, -0.2) is 9.71 Å². The Morgan fingerprint density at radius 2 is 1.82 bits per heavy atom. The van der Waals surface area contributed by atoms with Crippen LogP contribution in [0.3, 0.4) is 0 Å². The van der Waals surface area contributed by atoms with E-state index in [1.807, 2.05) is 54.6 Å². The average Bonchev–Trinajstić information content (AvgIpc) is 3.20. The van der Waals surface area contributed by atoms with Crippen molar-refractivity contribution in [3.8, 4) is 23.8 Å². The van der Waals surface area contributed by atoms with Crippen LogP contribution in [0.4, 0.5) is 0 Å². The summed E-state index contributed by atoms with van der Waals surface area (Å²) in [6.45, 7) is 4.18. The monoisotopic (exact) mass is 504 g/mol. The summed E-state index contributed by atoms with van der Waals surface area (Å²) in [6, 6.07) is 16.8. The summed E-state index contributed by atoms with van der Waals surface area (Å²) in [6.07, 6.45) is 5.79. The zero-order valence-corrected chi connectivity index (χ0v) is 18.9. The highest BCUT2D eigenvalue weighted by Crippen LogP contribution is 2.61. The van der Waals surface area contributed by atoms with Crippen LogP contribution in [0.2, 0.25) is 0 Å². The molecule has 0 amide bonds. The maximum absolute atomic E-state index is 12.8. The van der Waals surface area contributed by atoms with Crippen LogP contribution in [0.25, 0.3) is 0 Å². The van der Waals surface area contributed by atoms with E-state index in [-0.39, 0.29) is 27.0 Å². The first-order valence-electron chi connectivity index (χ1n) is 9.10. The van der Waals surface area contributed by atoms with Gasteiger partial charge in [-0.15, -0.1) is 6.42 Å². The van der Waals surface area contributed by atoms with Gasteiger partial charge in [-0.2, -0.15) is 0 Å². The molecule has 1 saturated carbocycles. The molecule has 3 unspecified atom stereocenters.